The number of fused-ring (bicyclic) bond motifs is 1. The lowest BCUT2D eigenvalue weighted by Gasteiger charge is -2.15. The summed E-state index contributed by atoms with van der Waals surface area (Å²) in [5.41, 5.74) is 6.63. The van der Waals surface area contributed by atoms with E-state index in [-0.39, 0.29) is 17.5 Å². The molecule has 1 aliphatic heterocycles. The first-order valence-corrected chi connectivity index (χ1v) is 6.67. The number of nitrogens with one attached hydrogen (secondary N) is 1. The van der Waals surface area contributed by atoms with Crippen molar-refractivity contribution in [2.45, 2.75) is 19.0 Å². The summed E-state index contributed by atoms with van der Waals surface area (Å²) in [7, 11) is 0. The van der Waals surface area contributed by atoms with E-state index >= 15 is 0 Å². The van der Waals surface area contributed by atoms with Gasteiger partial charge in [0.2, 0.25) is 5.91 Å². The van der Waals surface area contributed by atoms with Gasteiger partial charge in [-0.15, -0.1) is 11.3 Å². The molecular formula is C12H13N3O2S. The predicted octanol–water partition coefficient (Wildman–Crippen LogP) is 0.649. The molecule has 5 nitrogen and oxygen atoms in total. The fourth-order valence-corrected chi connectivity index (χ4v) is 3.23. The van der Waals surface area contributed by atoms with Crippen LogP contribution >= 0.6 is 11.3 Å². The molecule has 1 atom stereocenters. The number of aromatic nitrogens is 1. The van der Waals surface area contributed by atoms with Crippen LogP contribution < -0.4 is 11.3 Å². The highest BCUT2D eigenvalue weighted by Gasteiger charge is 2.28. The first-order valence-electron chi connectivity index (χ1n) is 5.79. The number of likely N-dealkylation sites (tertiary alicyclic amines) is 1. The Labute approximate surface area is 107 Å². The van der Waals surface area contributed by atoms with Gasteiger partial charge in [0.1, 0.15) is 0 Å². The van der Waals surface area contributed by atoms with E-state index in [1.54, 1.807) is 11.1 Å². The van der Waals surface area contributed by atoms with Crippen molar-refractivity contribution < 1.29 is 4.79 Å². The summed E-state index contributed by atoms with van der Waals surface area (Å²) in [5.74, 6) is -0.000749. The van der Waals surface area contributed by atoms with Crippen molar-refractivity contribution in [1.82, 2.24) is 9.88 Å². The quantitative estimate of drug-likeness (QED) is 0.835. The number of nitrogens with zero attached hydrogens (tertiary/aromatic N) is 1. The predicted molar refractivity (Wildman–Crippen MR) is 70.5 cm³/mol. The zero-order chi connectivity index (χ0) is 12.7. The molecule has 3 rings (SSSR count). The number of carbonyl (C=O) groups excluding carboxylic acids is 1. The van der Waals surface area contributed by atoms with Crippen molar-refractivity contribution in [3.63, 3.8) is 0 Å². The molecule has 0 unspecified atom stereocenters. The summed E-state index contributed by atoms with van der Waals surface area (Å²) in [5, 5.41) is 2.87. The number of H-pyrrole nitrogens is 1. The van der Waals surface area contributed by atoms with Crippen molar-refractivity contribution >= 4 is 27.3 Å². The fraction of sp³-hybridized carbons (Fsp3) is 0.333. The highest BCUT2D eigenvalue weighted by atomic mass is 32.1. The molecule has 1 fully saturated rings. The molecule has 0 bridgehead atoms. The number of rotatable bonds is 2. The molecular weight excluding hydrogens is 250 g/mol. The highest BCUT2D eigenvalue weighted by Crippen LogP contribution is 2.25. The number of aromatic amines is 1. The van der Waals surface area contributed by atoms with Gasteiger partial charge in [-0.05, 0) is 23.4 Å². The van der Waals surface area contributed by atoms with E-state index in [0.717, 1.165) is 10.9 Å². The number of amides is 1. The van der Waals surface area contributed by atoms with Crippen LogP contribution in [0.5, 0.6) is 0 Å². The standard InChI is InChI=1S/C12H13N3O2S/c13-9-2-4-15(12(9)17)5-7-6-18-10-8(7)1-3-14-11(10)16/h1,3,6,9H,2,4-5,13H2,(H,14,16)/t9-/m0/s1. The Bertz CT molecular complexity index is 661. The van der Waals surface area contributed by atoms with Crippen LogP contribution in [0.2, 0.25) is 0 Å². The highest BCUT2D eigenvalue weighted by molar-refractivity contribution is 7.17. The molecule has 6 heteroatoms. The molecule has 0 aromatic carbocycles. The molecule has 1 saturated heterocycles. The van der Waals surface area contributed by atoms with Crippen LogP contribution in [0.3, 0.4) is 0 Å². The van der Waals surface area contributed by atoms with E-state index in [9.17, 15) is 9.59 Å². The summed E-state index contributed by atoms with van der Waals surface area (Å²) in [6, 6.07) is 1.52. The minimum Gasteiger partial charge on any atom is -0.337 e. The molecule has 3 N–H and O–H groups in total. The lowest BCUT2D eigenvalue weighted by atomic mass is 10.2. The Morgan fingerprint density at radius 2 is 2.33 bits per heavy atom. The van der Waals surface area contributed by atoms with Gasteiger partial charge in [-0.25, -0.2) is 0 Å². The summed E-state index contributed by atoms with van der Waals surface area (Å²) in [6.45, 7) is 1.23. The number of thiophene rings is 1. The molecule has 1 aliphatic rings. The van der Waals surface area contributed by atoms with Crippen LogP contribution in [-0.4, -0.2) is 28.4 Å². The maximum atomic E-state index is 11.8. The van der Waals surface area contributed by atoms with E-state index in [0.29, 0.717) is 24.2 Å². The van der Waals surface area contributed by atoms with Gasteiger partial charge in [-0.2, -0.15) is 0 Å². The molecule has 0 spiro atoms. The van der Waals surface area contributed by atoms with E-state index < -0.39 is 0 Å². The summed E-state index contributed by atoms with van der Waals surface area (Å²) >= 11 is 1.41. The van der Waals surface area contributed by atoms with Gasteiger partial charge in [0.15, 0.2) is 0 Å². The van der Waals surface area contributed by atoms with Gasteiger partial charge >= 0.3 is 0 Å². The van der Waals surface area contributed by atoms with Gasteiger partial charge in [-0.1, -0.05) is 0 Å². The van der Waals surface area contributed by atoms with Gasteiger partial charge < -0.3 is 15.6 Å². The largest absolute Gasteiger partial charge is 0.337 e. The normalized spacial score (nSPS) is 19.9. The summed E-state index contributed by atoms with van der Waals surface area (Å²) in [6.07, 6.45) is 2.35. The molecule has 2 aromatic rings. The van der Waals surface area contributed by atoms with Gasteiger partial charge in [0.05, 0.1) is 10.7 Å². The lowest BCUT2D eigenvalue weighted by Crippen LogP contribution is -2.33. The number of hydrogen-bond donors (Lipinski definition) is 2. The molecule has 0 saturated carbocycles. The van der Waals surface area contributed by atoms with E-state index in [1.165, 1.54) is 11.3 Å². The van der Waals surface area contributed by atoms with E-state index in [4.69, 9.17) is 5.73 Å². The fourth-order valence-electron chi connectivity index (χ4n) is 2.28. The van der Waals surface area contributed by atoms with E-state index in [1.807, 2.05) is 11.4 Å². The molecule has 0 radical (unpaired) electrons. The number of hydrogen-bond acceptors (Lipinski definition) is 4. The maximum Gasteiger partial charge on any atom is 0.265 e. The molecule has 0 aliphatic carbocycles. The van der Waals surface area contributed by atoms with Crippen LogP contribution in [0.25, 0.3) is 10.1 Å². The first kappa shape index (κ1) is 11.4. The van der Waals surface area contributed by atoms with Crippen LogP contribution in [0, 0.1) is 0 Å². The Morgan fingerprint density at radius 3 is 3.06 bits per heavy atom. The average Bonchev–Trinajstić information content (AvgIpc) is 2.90. The Balaban J connectivity index is 1.94. The SMILES string of the molecule is N[C@H]1CCN(Cc2csc3c(=O)[nH]ccc23)C1=O. The smallest absolute Gasteiger partial charge is 0.265 e. The van der Waals surface area contributed by atoms with E-state index in [2.05, 4.69) is 4.98 Å². The first-order chi connectivity index (χ1) is 8.66. The van der Waals surface area contributed by atoms with Crippen LogP contribution in [0.4, 0.5) is 0 Å². The van der Waals surface area contributed by atoms with Gasteiger partial charge in [0.25, 0.3) is 5.56 Å². The monoisotopic (exact) mass is 263 g/mol. The third-order valence-corrected chi connectivity index (χ3v) is 4.32. The minimum absolute atomic E-state index is 0.000749. The second kappa shape index (κ2) is 4.22. The second-order valence-corrected chi connectivity index (χ2v) is 5.35. The van der Waals surface area contributed by atoms with Crippen LogP contribution in [0.15, 0.2) is 22.4 Å². The molecule has 2 aromatic heterocycles. The number of nitrogens with two attached hydrogens (primary N) is 1. The summed E-state index contributed by atoms with van der Waals surface area (Å²) in [4.78, 5) is 27.8. The third kappa shape index (κ3) is 1.74. The van der Waals surface area contributed by atoms with Crippen molar-refractivity contribution in [3.05, 3.63) is 33.6 Å². The van der Waals surface area contributed by atoms with Gasteiger partial charge in [0, 0.05) is 24.7 Å². The number of carbonyl (C=O) groups is 1. The molecule has 1 amide bonds. The topological polar surface area (TPSA) is 79.2 Å². The van der Waals surface area contributed by atoms with Crippen molar-refractivity contribution in [2.75, 3.05) is 6.54 Å². The second-order valence-electron chi connectivity index (χ2n) is 4.47. The van der Waals surface area contributed by atoms with Crippen molar-refractivity contribution in [3.8, 4) is 0 Å². The van der Waals surface area contributed by atoms with Crippen LogP contribution in [-0.2, 0) is 11.3 Å². The molecule has 94 valence electrons. The Kier molecular flexibility index (Phi) is 2.68. The average molecular weight is 263 g/mol. The molecule has 18 heavy (non-hydrogen) atoms. The Morgan fingerprint density at radius 1 is 1.50 bits per heavy atom. The van der Waals surface area contributed by atoms with Crippen molar-refractivity contribution in [1.29, 1.82) is 0 Å². The Hall–Kier alpha value is -1.66. The third-order valence-electron chi connectivity index (χ3n) is 3.28. The number of pyridine rings is 1. The lowest BCUT2D eigenvalue weighted by molar-refractivity contribution is -0.129. The molecule has 3 heterocycles. The zero-order valence-electron chi connectivity index (χ0n) is 9.68. The minimum atomic E-state index is -0.363. The van der Waals surface area contributed by atoms with Crippen LogP contribution in [0.1, 0.15) is 12.0 Å². The van der Waals surface area contributed by atoms with Crippen molar-refractivity contribution in [2.24, 2.45) is 5.73 Å². The summed E-state index contributed by atoms with van der Waals surface area (Å²) < 4.78 is 0.712. The zero-order valence-corrected chi connectivity index (χ0v) is 10.5. The van der Waals surface area contributed by atoms with Gasteiger partial charge in [-0.3, -0.25) is 9.59 Å². The maximum absolute atomic E-state index is 11.8.